The minimum absolute atomic E-state index is 0.164. The van der Waals surface area contributed by atoms with Gasteiger partial charge in [-0.05, 0) is 61.9 Å². The van der Waals surface area contributed by atoms with Crippen molar-refractivity contribution in [2.75, 3.05) is 19.0 Å². The SMILES string of the molecule is CCCCOc1ccc(C(=O)Nc2ccc(-n3c(C)nc4ccccc4c3=O)cc2OC)cc1. The van der Waals surface area contributed by atoms with Gasteiger partial charge in [-0.1, -0.05) is 25.5 Å². The quantitative estimate of drug-likeness (QED) is 0.371. The topological polar surface area (TPSA) is 82.5 Å². The number of fused-ring (bicyclic) bond motifs is 1. The van der Waals surface area contributed by atoms with Gasteiger partial charge >= 0.3 is 0 Å². The van der Waals surface area contributed by atoms with Crippen molar-refractivity contribution in [3.8, 4) is 17.2 Å². The number of hydrogen-bond donors (Lipinski definition) is 1. The molecule has 4 aromatic rings. The summed E-state index contributed by atoms with van der Waals surface area (Å²) in [6.45, 7) is 4.54. The summed E-state index contributed by atoms with van der Waals surface area (Å²) in [4.78, 5) is 30.5. The number of aromatic nitrogens is 2. The summed E-state index contributed by atoms with van der Waals surface area (Å²) < 4.78 is 12.7. The van der Waals surface area contributed by atoms with Crippen molar-refractivity contribution in [3.63, 3.8) is 0 Å². The summed E-state index contributed by atoms with van der Waals surface area (Å²) in [5.41, 5.74) is 2.09. The molecule has 1 N–H and O–H groups in total. The minimum Gasteiger partial charge on any atom is -0.494 e. The molecular formula is C27H27N3O4. The van der Waals surface area contributed by atoms with Gasteiger partial charge in [0.2, 0.25) is 0 Å². The molecule has 0 aliphatic rings. The Kier molecular flexibility index (Phi) is 6.92. The van der Waals surface area contributed by atoms with Gasteiger partial charge in [0.05, 0.1) is 36.0 Å². The Labute approximate surface area is 198 Å². The summed E-state index contributed by atoms with van der Waals surface area (Å²) in [6.07, 6.45) is 2.05. The van der Waals surface area contributed by atoms with Gasteiger partial charge in [-0.15, -0.1) is 0 Å². The standard InChI is InChI=1S/C27H27N3O4/c1-4-5-16-34-21-13-10-19(11-14-21)26(31)29-24-15-12-20(17-25(24)33-3)30-18(2)28-23-9-7-6-8-22(23)27(30)32/h6-15,17H,4-5,16H2,1-3H3,(H,29,31). The molecule has 1 aromatic heterocycles. The first-order valence-corrected chi connectivity index (χ1v) is 11.2. The molecule has 3 aromatic carbocycles. The summed E-state index contributed by atoms with van der Waals surface area (Å²) in [5.74, 6) is 1.46. The summed E-state index contributed by atoms with van der Waals surface area (Å²) >= 11 is 0. The molecule has 0 aliphatic carbocycles. The molecule has 0 fully saturated rings. The van der Waals surface area contributed by atoms with E-state index in [0.717, 1.165) is 18.6 Å². The molecule has 0 bridgehead atoms. The zero-order valence-corrected chi connectivity index (χ0v) is 19.5. The van der Waals surface area contributed by atoms with Crippen LogP contribution in [0.2, 0.25) is 0 Å². The smallest absolute Gasteiger partial charge is 0.265 e. The molecule has 174 valence electrons. The second-order valence-electron chi connectivity index (χ2n) is 7.88. The lowest BCUT2D eigenvalue weighted by Gasteiger charge is -2.15. The van der Waals surface area contributed by atoms with Gasteiger partial charge in [0, 0.05) is 11.6 Å². The maximum absolute atomic E-state index is 13.1. The van der Waals surface area contributed by atoms with Crippen LogP contribution in [0.1, 0.15) is 35.9 Å². The summed E-state index contributed by atoms with van der Waals surface area (Å²) in [5, 5.41) is 3.41. The second kappa shape index (κ2) is 10.2. The van der Waals surface area contributed by atoms with Crippen LogP contribution in [0.5, 0.6) is 11.5 Å². The number of rotatable bonds is 8. The van der Waals surface area contributed by atoms with Crippen molar-refractivity contribution in [2.24, 2.45) is 0 Å². The zero-order valence-electron chi connectivity index (χ0n) is 19.5. The maximum atomic E-state index is 13.1. The Morgan fingerprint density at radius 3 is 2.56 bits per heavy atom. The van der Waals surface area contributed by atoms with E-state index in [-0.39, 0.29) is 11.5 Å². The normalized spacial score (nSPS) is 10.8. The van der Waals surface area contributed by atoms with E-state index < -0.39 is 0 Å². The first-order chi connectivity index (χ1) is 16.5. The molecule has 4 rings (SSSR count). The number of benzene rings is 3. The van der Waals surface area contributed by atoms with Crippen molar-refractivity contribution in [1.82, 2.24) is 9.55 Å². The minimum atomic E-state index is -0.271. The number of carbonyl (C=O) groups is 1. The van der Waals surface area contributed by atoms with Gasteiger partial charge in [0.25, 0.3) is 11.5 Å². The van der Waals surface area contributed by atoms with E-state index in [4.69, 9.17) is 9.47 Å². The second-order valence-corrected chi connectivity index (χ2v) is 7.88. The van der Waals surface area contributed by atoms with Crippen LogP contribution in [0.3, 0.4) is 0 Å². The summed E-state index contributed by atoms with van der Waals surface area (Å²) in [6, 6.07) is 19.4. The van der Waals surface area contributed by atoms with Crippen LogP contribution >= 0.6 is 0 Å². The number of amides is 1. The van der Waals surface area contributed by atoms with Crippen LogP contribution < -0.4 is 20.3 Å². The average Bonchev–Trinajstić information content (AvgIpc) is 2.85. The highest BCUT2D eigenvalue weighted by atomic mass is 16.5. The van der Waals surface area contributed by atoms with Crippen molar-refractivity contribution in [2.45, 2.75) is 26.7 Å². The molecule has 0 saturated heterocycles. The number of aryl methyl sites for hydroxylation is 1. The number of carbonyl (C=O) groups excluding carboxylic acids is 1. The molecule has 0 radical (unpaired) electrons. The number of anilines is 1. The summed E-state index contributed by atoms with van der Waals surface area (Å²) in [7, 11) is 1.52. The van der Waals surface area contributed by atoms with Crippen molar-refractivity contribution < 1.29 is 14.3 Å². The van der Waals surface area contributed by atoms with E-state index in [1.807, 2.05) is 18.2 Å². The van der Waals surface area contributed by atoms with Gasteiger partial charge in [0.15, 0.2) is 0 Å². The fraction of sp³-hybridized carbons (Fsp3) is 0.222. The van der Waals surface area contributed by atoms with E-state index in [9.17, 15) is 9.59 Å². The predicted octanol–water partition coefficient (Wildman–Crippen LogP) is 5.13. The molecule has 1 amide bonds. The molecule has 34 heavy (non-hydrogen) atoms. The van der Waals surface area contributed by atoms with Crippen molar-refractivity contribution in [1.29, 1.82) is 0 Å². The fourth-order valence-electron chi connectivity index (χ4n) is 3.70. The third kappa shape index (κ3) is 4.78. The van der Waals surface area contributed by atoms with Gasteiger partial charge < -0.3 is 14.8 Å². The Balaban J connectivity index is 1.58. The lowest BCUT2D eigenvalue weighted by molar-refractivity contribution is 0.102. The average molecular weight is 458 g/mol. The Morgan fingerprint density at radius 1 is 1.06 bits per heavy atom. The monoisotopic (exact) mass is 457 g/mol. The maximum Gasteiger partial charge on any atom is 0.265 e. The van der Waals surface area contributed by atoms with E-state index in [2.05, 4.69) is 17.2 Å². The number of unbranched alkanes of at least 4 members (excludes halogenated alkanes) is 1. The van der Waals surface area contributed by atoms with Gasteiger partial charge in [-0.2, -0.15) is 0 Å². The van der Waals surface area contributed by atoms with Crippen LogP contribution in [0.15, 0.2) is 71.5 Å². The van der Waals surface area contributed by atoms with Crippen molar-refractivity contribution in [3.05, 3.63) is 88.5 Å². The Hall–Kier alpha value is -4.13. The van der Waals surface area contributed by atoms with Crippen LogP contribution in [-0.4, -0.2) is 29.2 Å². The number of para-hydroxylation sites is 1. The van der Waals surface area contributed by atoms with Crippen LogP contribution in [0, 0.1) is 6.92 Å². The van der Waals surface area contributed by atoms with Crippen LogP contribution in [-0.2, 0) is 0 Å². The van der Waals surface area contributed by atoms with Crippen molar-refractivity contribution >= 4 is 22.5 Å². The van der Waals surface area contributed by atoms with E-state index in [1.165, 1.54) is 11.7 Å². The molecule has 0 saturated carbocycles. The molecule has 0 aliphatic heterocycles. The lowest BCUT2D eigenvalue weighted by atomic mass is 10.2. The predicted molar refractivity (Wildman–Crippen MR) is 133 cm³/mol. The zero-order chi connectivity index (χ0) is 24.1. The molecule has 7 heteroatoms. The van der Waals surface area contributed by atoms with E-state index in [1.54, 1.807) is 55.5 Å². The molecule has 0 atom stereocenters. The van der Waals surface area contributed by atoms with Gasteiger partial charge in [-0.25, -0.2) is 4.98 Å². The lowest BCUT2D eigenvalue weighted by Crippen LogP contribution is -2.22. The number of hydrogen-bond acceptors (Lipinski definition) is 5. The Bertz CT molecular complexity index is 1380. The third-order valence-corrected chi connectivity index (χ3v) is 5.52. The van der Waals surface area contributed by atoms with Gasteiger partial charge in [-0.3, -0.25) is 14.2 Å². The molecular weight excluding hydrogens is 430 g/mol. The molecule has 1 heterocycles. The largest absolute Gasteiger partial charge is 0.494 e. The highest BCUT2D eigenvalue weighted by molar-refractivity contribution is 6.05. The fourth-order valence-corrected chi connectivity index (χ4v) is 3.70. The number of nitrogens with one attached hydrogen (secondary N) is 1. The number of methoxy groups -OCH3 is 1. The van der Waals surface area contributed by atoms with E-state index in [0.29, 0.717) is 46.0 Å². The highest BCUT2D eigenvalue weighted by Crippen LogP contribution is 2.28. The van der Waals surface area contributed by atoms with Crippen LogP contribution in [0.4, 0.5) is 5.69 Å². The van der Waals surface area contributed by atoms with E-state index >= 15 is 0 Å². The number of ether oxygens (including phenoxy) is 2. The Morgan fingerprint density at radius 2 is 1.82 bits per heavy atom. The first-order valence-electron chi connectivity index (χ1n) is 11.2. The molecule has 0 spiro atoms. The third-order valence-electron chi connectivity index (χ3n) is 5.52. The molecule has 7 nitrogen and oxygen atoms in total. The van der Waals surface area contributed by atoms with Gasteiger partial charge in [0.1, 0.15) is 17.3 Å². The highest BCUT2D eigenvalue weighted by Gasteiger charge is 2.14. The number of nitrogens with zero attached hydrogens (tertiary/aromatic N) is 2. The molecule has 0 unspecified atom stereocenters. The first kappa shape index (κ1) is 23.0. The van der Waals surface area contributed by atoms with Crippen LogP contribution in [0.25, 0.3) is 16.6 Å².